The van der Waals surface area contributed by atoms with E-state index in [1.165, 1.54) is 5.56 Å². The van der Waals surface area contributed by atoms with Crippen LogP contribution in [0.5, 0.6) is 0 Å². The van der Waals surface area contributed by atoms with Crippen LogP contribution in [0.15, 0.2) is 12.1 Å². The molecule has 0 bridgehead atoms. The van der Waals surface area contributed by atoms with E-state index in [2.05, 4.69) is 36.1 Å². The first-order chi connectivity index (χ1) is 6.20. The van der Waals surface area contributed by atoms with Gasteiger partial charge in [0, 0.05) is 12.1 Å². The number of aryl methyl sites for hydroxylation is 3. The Morgan fingerprint density at radius 2 is 2.08 bits per heavy atom. The van der Waals surface area contributed by atoms with Gasteiger partial charge in [0.05, 0.1) is 0 Å². The van der Waals surface area contributed by atoms with Crippen molar-refractivity contribution in [3.8, 4) is 0 Å². The van der Waals surface area contributed by atoms with Crippen LogP contribution < -0.4 is 0 Å². The minimum Gasteiger partial charge on any atom is -0.218 e. The fourth-order valence-electron chi connectivity index (χ4n) is 1.51. The molecule has 2 heterocycles. The summed E-state index contributed by atoms with van der Waals surface area (Å²) in [6.07, 6.45) is 0.889. The Labute approximate surface area is 77.4 Å². The number of hydrogen-bond acceptors (Lipinski definition) is 2. The molecule has 0 aliphatic heterocycles. The Morgan fingerprint density at radius 1 is 1.31 bits per heavy atom. The number of fused-ring (bicyclic) bond motifs is 1. The molecule has 0 saturated carbocycles. The number of rotatable bonds is 1. The molecule has 0 atom stereocenters. The molecule has 13 heavy (non-hydrogen) atoms. The molecule has 0 aliphatic carbocycles. The summed E-state index contributed by atoms with van der Waals surface area (Å²) in [5.74, 6) is 0.911. The zero-order chi connectivity index (χ0) is 9.42. The topological polar surface area (TPSA) is 30.2 Å². The quantitative estimate of drug-likeness (QED) is 0.662. The molecular formula is C10H13N3. The molecule has 0 spiro atoms. The minimum absolute atomic E-state index is 0.889. The van der Waals surface area contributed by atoms with Crippen molar-refractivity contribution >= 4 is 5.65 Å². The molecule has 68 valence electrons. The minimum atomic E-state index is 0.889. The monoisotopic (exact) mass is 175 g/mol. The molecule has 3 heteroatoms. The van der Waals surface area contributed by atoms with Crippen LogP contribution in [-0.4, -0.2) is 14.6 Å². The van der Waals surface area contributed by atoms with Crippen LogP contribution in [0.4, 0.5) is 0 Å². The van der Waals surface area contributed by atoms with Gasteiger partial charge in [-0.3, -0.25) is 0 Å². The molecule has 2 rings (SSSR count). The summed E-state index contributed by atoms with van der Waals surface area (Å²) in [5.41, 5.74) is 3.33. The Kier molecular flexibility index (Phi) is 1.79. The van der Waals surface area contributed by atoms with Crippen molar-refractivity contribution in [2.24, 2.45) is 0 Å². The van der Waals surface area contributed by atoms with Crippen molar-refractivity contribution < 1.29 is 0 Å². The SMILES string of the molecule is CCc1nc2cc(C)cc(C)n2n1. The Bertz CT molecular complexity index is 443. The zero-order valence-corrected chi connectivity index (χ0v) is 8.20. The molecule has 0 fully saturated rings. The highest BCUT2D eigenvalue weighted by Crippen LogP contribution is 2.08. The first kappa shape index (κ1) is 8.23. The fourth-order valence-corrected chi connectivity index (χ4v) is 1.51. The summed E-state index contributed by atoms with van der Waals surface area (Å²) in [5, 5.41) is 4.38. The van der Waals surface area contributed by atoms with E-state index in [9.17, 15) is 0 Å². The van der Waals surface area contributed by atoms with E-state index < -0.39 is 0 Å². The van der Waals surface area contributed by atoms with Crippen molar-refractivity contribution in [2.75, 3.05) is 0 Å². The first-order valence-electron chi connectivity index (χ1n) is 4.53. The van der Waals surface area contributed by atoms with Gasteiger partial charge >= 0.3 is 0 Å². The first-order valence-corrected chi connectivity index (χ1v) is 4.53. The second kappa shape index (κ2) is 2.83. The average Bonchev–Trinajstić information content (AvgIpc) is 2.47. The van der Waals surface area contributed by atoms with E-state index >= 15 is 0 Å². The predicted octanol–water partition coefficient (Wildman–Crippen LogP) is 1.91. The zero-order valence-electron chi connectivity index (χ0n) is 8.20. The van der Waals surface area contributed by atoms with Crippen LogP contribution in [0.25, 0.3) is 5.65 Å². The number of hydrogen-bond donors (Lipinski definition) is 0. The number of nitrogens with zero attached hydrogens (tertiary/aromatic N) is 3. The van der Waals surface area contributed by atoms with Crippen LogP contribution in [0, 0.1) is 13.8 Å². The number of pyridine rings is 1. The molecule has 3 nitrogen and oxygen atoms in total. The molecular weight excluding hydrogens is 162 g/mol. The van der Waals surface area contributed by atoms with Crippen molar-refractivity contribution in [3.05, 3.63) is 29.2 Å². The van der Waals surface area contributed by atoms with Gasteiger partial charge in [-0.25, -0.2) is 9.50 Å². The third-order valence-electron chi connectivity index (χ3n) is 2.12. The van der Waals surface area contributed by atoms with Gasteiger partial charge in [0.15, 0.2) is 11.5 Å². The maximum Gasteiger partial charge on any atom is 0.156 e. The lowest BCUT2D eigenvalue weighted by molar-refractivity contribution is 0.859. The average molecular weight is 175 g/mol. The molecule has 2 aromatic heterocycles. The highest BCUT2D eigenvalue weighted by molar-refractivity contribution is 5.42. The molecule has 0 radical (unpaired) electrons. The van der Waals surface area contributed by atoms with Gasteiger partial charge in [0.2, 0.25) is 0 Å². The van der Waals surface area contributed by atoms with E-state index in [4.69, 9.17) is 0 Å². The lowest BCUT2D eigenvalue weighted by Crippen LogP contribution is -1.94. The third kappa shape index (κ3) is 1.30. The van der Waals surface area contributed by atoms with E-state index in [-0.39, 0.29) is 0 Å². The highest BCUT2D eigenvalue weighted by atomic mass is 15.3. The maximum atomic E-state index is 4.40. The lowest BCUT2D eigenvalue weighted by Gasteiger charge is -1.98. The van der Waals surface area contributed by atoms with Gasteiger partial charge in [-0.1, -0.05) is 6.92 Å². The molecule has 0 amide bonds. The summed E-state index contributed by atoms with van der Waals surface area (Å²) in [4.78, 5) is 4.40. The summed E-state index contributed by atoms with van der Waals surface area (Å²) in [7, 11) is 0. The number of aromatic nitrogens is 3. The van der Waals surface area contributed by atoms with Gasteiger partial charge in [-0.2, -0.15) is 5.10 Å². The molecule has 0 aromatic carbocycles. The van der Waals surface area contributed by atoms with Gasteiger partial charge in [0.1, 0.15) is 0 Å². The molecule has 0 saturated heterocycles. The van der Waals surface area contributed by atoms with Crippen LogP contribution >= 0.6 is 0 Å². The standard InChI is InChI=1S/C10H13N3/c1-4-9-11-10-6-7(2)5-8(3)13(10)12-9/h5-6H,4H2,1-3H3. The van der Waals surface area contributed by atoms with Crippen molar-refractivity contribution in [2.45, 2.75) is 27.2 Å². The van der Waals surface area contributed by atoms with Gasteiger partial charge < -0.3 is 0 Å². The molecule has 0 N–H and O–H groups in total. The summed E-state index contributed by atoms with van der Waals surface area (Å²) in [6, 6.07) is 4.17. The predicted molar refractivity (Wildman–Crippen MR) is 51.8 cm³/mol. The van der Waals surface area contributed by atoms with Crippen LogP contribution in [0.2, 0.25) is 0 Å². The van der Waals surface area contributed by atoms with E-state index in [1.807, 2.05) is 11.4 Å². The fraction of sp³-hybridized carbons (Fsp3) is 0.400. The van der Waals surface area contributed by atoms with E-state index in [0.717, 1.165) is 23.6 Å². The van der Waals surface area contributed by atoms with Gasteiger partial charge in [-0.15, -0.1) is 0 Å². The Balaban J connectivity index is 2.75. The van der Waals surface area contributed by atoms with E-state index in [0.29, 0.717) is 0 Å². The third-order valence-corrected chi connectivity index (χ3v) is 2.12. The van der Waals surface area contributed by atoms with Crippen LogP contribution in [-0.2, 0) is 6.42 Å². The maximum absolute atomic E-state index is 4.40. The van der Waals surface area contributed by atoms with Crippen LogP contribution in [0.3, 0.4) is 0 Å². The van der Waals surface area contributed by atoms with E-state index in [1.54, 1.807) is 0 Å². The van der Waals surface area contributed by atoms with Crippen molar-refractivity contribution in [1.29, 1.82) is 0 Å². The molecule has 2 aromatic rings. The second-order valence-electron chi connectivity index (χ2n) is 3.33. The summed E-state index contributed by atoms with van der Waals surface area (Å²) in [6.45, 7) is 6.19. The summed E-state index contributed by atoms with van der Waals surface area (Å²) < 4.78 is 1.89. The lowest BCUT2D eigenvalue weighted by atomic mass is 10.2. The molecule has 0 aliphatic rings. The molecule has 0 unspecified atom stereocenters. The summed E-state index contributed by atoms with van der Waals surface area (Å²) >= 11 is 0. The Morgan fingerprint density at radius 3 is 2.77 bits per heavy atom. The van der Waals surface area contributed by atoms with Crippen LogP contribution in [0.1, 0.15) is 24.0 Å². The van der Waals surface area contributed by atoms with Crippen molar-refractivity contribution in [1.82, 2.24) is 14.6 Å². The largest absolute Gasteiger partial charge is 0.218 e. The second-order valence-corrected chi connectivity index (χ2v) is 3.33. The van der Waals surface area contributed by atoms with Gasteiger partial charge in [0.25, 0.3) is 0 Å². The highest BCUT2D eigenvalue weighted by Gasteiger charge is 2.03. The Hall–Kier alpha value is -1.38. The van der Waals surface area contributed by atoms with Gasteiger partial charge in [-0.05, 0) is 31.5 Å². The normalized spacial score (nSPS) is 11.0. The van der Waals surface area contributed by atoms with Crippen molar-refractivity contribution in [3.63, 3.8) is 0 Å². The smallest absolute Gasteiger partial charge is 0.156 e.